The molecule has 0 spiro atoms. The molecule has 30 heavy (non-hydrogen) atoms. The first kappa shape index (κ1) is 22.8. The van der Waals surface area contributed by atoms with Crippen molar-refractivity contribution >= 4 is 11.8 Å². The molecule has 2 amide bonds. The van der Waals surface area contributed by atoms with Gasteiger partial charge in [0.15, 0.2) is 0 Å². The van der Waals surface area contributed by atoms with Crippen molar-refractivity contribution in [1.82, 2.24) is 24.9 Å². The van der Waals surface area contributed by atoms with E-state index in [0.717, 1.165) is 31.4 Å². The number of carbonyl (C=O) groups is 2. The number of nitrogens with one attached hydrogen (secondary N) is 1. The summed E-state index contributed by atoms with van der Waals surface area (Å²) in [6, 6.07) is 2.79. The maximum Gasteiger partial charge on any atom is 0.269 e. The van der Waals surface area contributed by atoms with Crippen LogP contribution in [0.2, 0.25) is 0 Å². The third-order valence-electron chi connectivity index (χ3n) is 6.95. The Morgan fingerprint density at radius 2 is 1.83 bits per heavy atom. The molecule has 7 heteroatoms. The zero-order chi connectivity index (χ0) is 22.2. The second-order valence-corrected chi connectivity index (χ2v) is 10.5. The maximum absolute atomic E-state index is 12.7. The molecular weight excluding hydrogens is 378 g/mol. The first-order valence-corrected chi connectivity index (χ1v) is 11.3. The molecule has 1 aromatic heterocycles. The molecular formula is C23H39N5O2. The van der Waals surface area contributed by atoms with E-state index in [-0.39, 0.29) is 17.4 Å². The van der Waals surface area contributed by atoms with Crippen LogP contribution in [0.1, 0.15) is 82.4 Å². The third-order valence-corrected chi connectivity index (χ3v) is 6.95. The zero-order valence-electron chi connectivity index (χ0n) is 19.7. The number of piperidine rings is 1. The molecule has 1 N–H and O–H groups in total. The molecule has 0 saturated carbocycles. The first-order valence-electron chi connectivity index (χ1n) is 11.3. The van der Waals surface area contributed by atoms with Gasteiger partial charge >= 0.3 is 0 Å². The molecule has 2 unspecified atom stereocenters. The van der Waals surface area contributed by atoms with Crippen LogP contribution in [0.5, 0.6) is 0 Å². The van der Waals surface area contributed by atoms with Crippen LogP contribution in [0, 0.1) is 5.92 Å². The lowest BCUT2D eigenvalue weighted by molar-refractivity contribution is -0.136. The topological polar surface area (TPSA) is 70.5 Å². The molecule has 2 aliphatic heterocycles. The second-order valence-electron chi connectivity index (χ2n) is 10.5. The fraction of sp³-hybridized carbons (Fsp3) is 0.783. The van der Waals surface area contributed by atoms with E-state index in [1.54, 1.807) is 4.68 Å². The molecule has 3 heterocycles. The number of hydrogen-bond donors (Lipinski definition) is 1. The summed E-state index contributed by atoms with van der Waals surface area (Å²) in [6.45, 7) is 11.6. The van der Waals surface area contributed by atoms with Gasteiger partial charge in [0.25, 0.3) is 5.91 Å². The summed E-state index contributed by atoms with van der Waals surface area (Å²) in [4.78, 5) is 29.7. The lowest BCUT2D eigenvalue weighted by atomic mass is 9.90. The second kappa shape index (κ2) is 8.69. The molecule has 2 saturated heterocycles. The van der Waals surface area contributed by atoms with Crippen LogP contribution in [-0.2, 0) is 11.8 Å². The summed E-state index contributed by atoms with van der Waals surface area (Å²) in [5.41, 5.74) is 1.41. The molecule has 0 aromatic carbocycles. The smallest absolute Gasteiger partial charge is 0.269 e. The summed E-state index contributed by atoms with van der Waals surface area (Å²) in [5, 5.41) is 7.57. The van der Waals surface area contributed by atoms with Crippen molar-refractivity contribution in [3.8, 4) is 0 Å². The Balaban J connectivity index is 1.53. The van der Waals surface area contributed by atoms with Crippen molar-refractivity contribution in [2.75, 3.05) is 20.1 Å². The van der Waals surface area contributed by atoms with E-state index in [1.807, 2.05) is 25.1 Å². The Morgan fingerprint density at radius 1 is 1.23 bits per heavy atom. The molecule has 3 rings (SSSR count). The average Bonchev–Trinajstić information content (AvgIpc) is 3.14. The zero-order valence-corrected chi connectivity index (χ0v) is 19.7. The first-order chi connectivity index (χ1) is 14.0. The minimum absolute atomic E-state index is 0.0475. The van der Waals surface area contributed by atoms with E-state index in [0.29, 0.717) is 42.7 Å². The molecule has 2 atom stereocenters. The monoisotopic (exact) mass is 417 g/mol. The molecule has 2 bridgehead atoms. The Bertz CT molecular complexity index is 765. The van der Waals surface area contributed by atoms with Crippen LogP contribution in [0.4, 0.5) is 0 Å². The van der Waals surface area contributed by atoms with Crippen molar-refractivity contribution in [2.45, 2.75) is 83.8 Å². The highest BCUT2D eigenvalue weighted by molar-refractivity contribution is 5.92. The Labute approximate surface area is 181 Å². The van der Waals surface area contributed by atoms with Gasteiger partial charge in [-0.25, -0.2) is 0 Å². The third kappa shape index (κ3) is 4.88. The lowest BCUT2D eigenvalue weighted by Crippen LogP contribution is -2.52. The van der Waals surface area contributed by atoms with Crippen molar-refractivity contribution in [3.63, 3.8) is 0 Å². The molecule has 0 aliphatic carbocycles. The number of likely N-dealkylation sites (N-methyl/N-ethyl adjacent to an activating group) is 1. The highest BCUT2D eigenvalue weighted by Crippen LogP contribution is 2.38. The van der Waals surface area contributed by atoms with Gasteiger partial charge in [0, 0.05) is 38.3 Å². The molecule has 1 aromatic rings. The van der Waals surface area contributed by atoms with E-state index >= 15 is 0 Å². The molecule has 7 nitrogen and oxygen atoms in total. The SMILES string of the molecule is CC(C)c1cc(C(=O)NCC2CC3CCC(C2)N3CC(=O)N(C)C(C)(C)C)n(C)n1. The molecule has 2 fully saturated rings. The predicted octanol–water partition coefficient (Wildman–Crippen LogP) is 2.77. The standard InChI is InChI=1S/C23H39N5O2/c1-15(2)19-12-20(27(7)25-19)22(30)24-13-16-10-17-8-9-18(11-16)28(17)14-21(29)26(6)23(3,4)5/h12,15-18H,8-11,13-14H2,1-7H3,(H,24,30). The fourth-order valence-electron chi connectivity index (χ4n) is 4.76. The summed E-state index contributed by atoms with van der Waals surface area (Å²) >= 11 is 0. The number of carbonyl (C=O) groups excluding carboxylic acids is 2. The number of fused-ring (bicyclic) bond motifs is 2. The van der Waals surface area contributed by atoms with Gasteiger partial charge in [-0.2, -0.15) is 5.10 Å². The van der Waals surface area contributed by atoms with Crippen LogP contribution in [0.15, 0.2) is 6.07 Å². The van der Waals surface area contributed by atoms with E-state index in [1.165, 1.54) is 0 Å². The van der Waals surface area contributed by atoms with E-state index in [4.69, 9.17) is 0 Å². The van der Waals surface area contributed by atoms with Crippen molar-refractivity contribution < 1.29 is 9.59 Å². The summed E-state index contributed by atoms with van der Waals surface area (Å²) < 4.78 is 1.67. The van der Waals surface area contributed by atoms with E-state index in [9.17, 15) is 9.59 Å². The lowest BCUT2D eigenvalue weighted by Gasteiger charge is -2.40. The number of aryl methyl sites for hydroxylation is 1. The minimum Gasteiger partial charge on any atom is -0.350 e. The van der Waals surface area contributed by atoms with Gasteiger partial charge in [-0.05, 0) is 64.4 Å². The van der Waals surface area contributed by atoms with Crippen LogP contribution in [0.3, 0.4) is 0 Å². The van der Waals surface area contributed by atoms with Crippen LogP contribution in [-0.4, -0.2) is 69.2 Å². The average molecular weight is 418 g/mol. The number of rotatable bonds is 6. The van der Waals surface area contributed by atoms with Gasteiger partial charge in [-0.3, -0.25) is 19.2 Å². The van der Waals surface area contributed by atoms with Crippen molar-refractivity contribution in [2.24, 2.45) is 13.0 Å². The van der Waals surface area contributed by atoms with Crippen molar-refractivity contribution in [1.29, 1.82) is 0 Å². The van der Waals surface area contributed by atoms with E-state index < -0.39 is 0 Å². The highest BCUT2D eigenvalue weighted by atomic mass is 16.2. The Hall–Kier alpha value is -1.89. The van der Waals surface area contributed by atoms with Crippen molar-refractivity contribution in [3.05, 3.63) is 17.5 Å². The van der Waals surface area contributed by atoms with Gasteiger partial charge in [-0.1, -0.05) is 13.8 Å². The Kier molecular flexibility index (Phi) is 6.60. The minimum atomic E-state index is -0.153. The van der Waals surface area contributed by atoms with Gasteiger partial charge in [0.1, 0.15) is 5.69 Å². The van der Waals surface area contributed by atoms with Crippen LogP contribution in [0.25, 0.3) is 0 Å². The van der Waals surface area contributed by atoms with Gasteiger partial charge in [0.05, 0.1) is 12.2 Å². The molecule has 168 valence electrons. The molecule has 0 radical (unpaired) electrons. The number of aromatic nitrogens is 2. The number of nitrogens with zero attached hydrogens (tertiary/aromatic N) is 4. The number of amides is 2. The van der Waals surface area contributed by atoms with E-state index in [2.05, 4.69) is 49.9 Å². The maximum atomic E-state index is 12.7. The summed E-state index contributed by atoms with van der Waals surface area (Å²) in [5.74, 6) is 0.922. The predicted molar refractivity (Wildman–Crippen MR) is 118 cm³/mol. The number of hydrogen-bond acceptors (Lipinski definition) is 4. The molecule has 2 aliphatic rings. The summed E-state index contributed by atoms with van der Waals surface area (Å²) in [7, 11) is 3.72. The largest absolute Gasteiger partial charge is 0.350 e. The van der Waals surface area contributed by atoms with Gasteiger partial charge in [-0.15, -0.1) is 0 Å². The summed E-state index contributed by atoms with van der Waals surface area (Å²) in [6.07, 6.45) is 4.40. The normalized spacial score (nSPS) is 24.3. The highest BCUT2D eigenvalue weighted by Gasteiger charge is 2.42. The Morgan fingerprint density at radius 3 is 2.33 bits per heavy atom. The quantitative estimate of drug-likeness (QED) is 0.773. The van der Waals surface area contributed by atoms with Crippen LogP contribution < -0.4 is 5.32 Å². The van der Waals surface area contributed by atoms with Crippen LogP contribution >= 0.6 is 0 Å². The fourth-order valence-corrected chi connectivity index (χ4v) is 4.76. The van der Waals surface area contributed by atoms with Gasteiger partial charge in [0.2, 0.25) is 5.91 Å². The van der Waals surface area contributed by atoms with Gasteiger partial charge < -0.3 is 10.2 Å².